The molecule has 0 N–H and O–H groups in total. The molecule has 0 spiro atoms. The van der Waals surface area contributed by atoms with Crippen molar-refractivity contribution in [2.75, 3.05) is 6.61 Å². The topological polar surface area (TPSA) is 18.5 Å². The third kappa shape index (κ3) is 4.13. The zero-order chi connectivity index (χ0) is 18.8. The van der Waals surface area contributed by atoms with E-state index in [2.05, 4.69) is 0 Å². The van der Waals surface area contributed by atoms with E-state index < -0.39 is 35.1 Å². The molecule has 7 heteroatoms. The third-order valence-corrected chi connectivity index (χ3v) is 4.68. The molecular weight excluding hydrogens is 372 g/mol. The molecule has 0 aromatic heterocycles. The highest BCUT2D eigenvalue weighted by atomic mass is 35.5. The van der Waals surface area contributed by atoms with Gasteiger partial charge in [0.15, 0.2) is 17.4 Å². The summed E-state index contributed by atoms with van der Waals surface area (Å²) in [6.07, 6.45) is 0.830. The van der Waals surface area contributed by atoms with Crippen molar-refractivity contribution < 1.29 is 27.0 Å². The Bertz CT molecular complexity index is 758. The average molecular weight is 389 g/mol. The summed E-state index contributed by atoms with van der Waals surface area (Å²) in [5, 5.41) is -0.0983. The van der Waals surface area contributed by atoms with E-state index in [1.165, 1.54) is 6.92 Å². The van der Waals surface area contributed by atoms with Gasteiger partial charge in [-0.05, 0) is 55.2 Å². The molecular formula is C19H17ClF4O2. The second-order valence-electron chi connectivity index (χ2n) is 6.28. The predicted octanol–water partition coefficient (Wildman–Crippen LogP) is 5.59. The summed E-state index contributed by atoms with van der Waals surface area (Å²) >= 11 is 5.94. The van der Waals surface area contributed by atoms with Gasteiger partial charge in [0.05, 0.1) is 18.1 Å². The fourth-order valence-corrected chi connectivity index (χ4v) is 3.02. The molecule has 1 fully saturated rings. The first-order valence-corrected chi connectivity index (χ1v) is 8.60. The van der Waals surface area contributed by atoms with E-state index >= 15 is 0 Å². The Labute approximate surface area is 153 Å². The second-order valence-corrected chi connectivity index (χ2v) is 6.90. The van der Waals surface area contributed by atoms with Crippen LogP contribution in [0.1, 0.15) is 35.6 Å². The summed E-state index contributed by atoms with van der Waals surface area (Å²) < 4.78 is 66.3. The van der Waals surface area contributed by atoms with Crippen LogP contribution in [0.3, 0.4) is 0 Å². The number of benzene rings is 2. The maximum absolute atomic E-state index is 14.3. The lowest BCUT2D eigenvalue weighted by Gasteiger charge is -2.26. The van der Waals surface area contributed by atoms with Crippen molar-refractivity contribution in [2.24, 2.45) is 0 Å². The first-order chi connectivity index (χ1) is 12.3. The molecule has 1 aliphatic heterocycles. The van der Waals surface area contributed by atoms with Crippen LogP contribution in [0.5, 0.6) is 5.75 Å². The van der Waals surface area contributed by atoms with Crippen LogP contribution in [-0.4, -0.2) is 12.0 Å². The maximum atomic E-state index is 14.3. The number of halogens is 5. The number of hydrogen-bond acceptors (Lipinski definition) is 2. The highest BCUT2D eigenvalue weighted by Gasteiger charge is 2.24. The number of alkyl halides is 1. The van der Waals surface area contributed by atoms with Gasteiger partial charge >= 0.3 is 0 Å². The van der Waals surface area contributed by atoms with E-state index in [0.717, 1.165) is 24.3 Å². The van der Waals surface area contributed by atoms with E-state index in [-0.39, 0.29) is 23.1 Å². The molecule has 1 aliphatic rings. The molecule has 2 nitrogen and oxygen atoms in total. The average Bonchev–Trinajstić information content (AvgIpc) is 2.59. The summed E-state index contributed by atoms with van der Waals surface area (Å²) in [6.45, 7) is 1.25. The van der Waals surface area contributed by atoms with Gasteiger partial charge in [0.2, 0.25) is 0 Å². The van der Waals surface area contributed by atoms with Gasteiger partial charge in [-0.3, -0.25) is 0 Å². The minimum Gasteiger partial charge on any atom is -0.483 e. The Morgan fingerprint density at radius 3 is 2.15 bits per heavy atom. The normalized spacial score (nSPS) is 20.2. The number of rotatable bonds is 4. The van der Waals surface area contributed by atoms with E-state index in [4.69, 9.17) is 21.1 Å². The molecule has 26 heavy (non-hydrogen) atoms. The Morgan fingerprint density at radius 1 is 1.00 bits per heavy atom. The molecule has 0 amide bonds. The Kier molecular flexibility index (Phi) is 5.73. The predicted molar refractivity (Wildman–Crippen MR) is 89.4 cm³/mol. The fraction of sp³-hybridized carbons (Fsp3) is 0.368. The van der Waals surface area contributed by atoms with E-state index in [1.807, 2.05) is 0 Å². The monoisotopic (exact) mass is 388 g/mol. The van der Waals surface area contributed by atoms with Crippen molar-refractivity contribution in [3.63, 3.8) is 0 Å². The molecule has 1 heterocycles. The Morgan fingerprint density at radius 2 is 1.62 bits per heavy atom. The highest BCUT2D eigenvalue weighted by molar-refractivity contribution is 6.20. The first-order valence-electron chi connectivity index (χ1n) is 8.17. The van der Waals surface area contributed by atoms with Crippen molar-refractivity contribution in [3.05, 3.63) is 64.2 Å². The number of hydrogen-bond donors (Lipinski definition) is 0. The van der Waals surface area contributed by atoms with Gasteiger partial charge in [-0.25, -0.2) is 17.6 Å². The van der Waals surface area contributed by atoms with Gasteiger partial charge in [-0.1, -0.05) is 0 Å². The largest absolute Gasteiger partial charge is 0.483 e. The van der Waals surface area contributed by atoms with Gasteiger partial charge in [0.1, 0.15) is 18.2 Å². The molecule has 2 unspecified atom stereocenters. The zero-order valence-electron chi connectivity index (χ0n) is 14.0. The molecule has 0 saturated carbocycles. The van der Waals surface area contributed by atoms with Crippen LogP contribution in [-0.2, 0) is 11.3 Å². The van der Waals surface area contributed by atoms with Gasteiger partial charge in [-0.15, -0.1) is 11.6 Å². The lowest BCUT2D eigenvalue weighted by Crippen LogP contribution is -2.21. The van der Waals surface area contributed by atoms with Gasteiger partial charge in [-0.2, -0.15) is 0 Å². The molecule has 1 saturated heterocycles. The smallest absolute Gasteiger partial charge is 0.191 e. The first kappa shape index (κ1) is 19.0. The van der Waals surface area contributed by atoms with Crippen molar-refractivity contribution in [1.29, 1.82) is 0 Å². The van der Waals surface area contributed by atoms with Gasteiger partial charge in [0.25, 0.3) is 0 Å². The lowest BCUT2D eigenvalue weighted by atomic mass is 10.0. The number of ether oxygens (including phenoxy) is 2. The standard InChI is InChI=1S/C19H17ClF4O2/c1-10-14(21)4-11(5-15(10)22)8-26-19-16(23)6-12(7-17(19)24)18-3-2-13(20)9-25-18/h4-7,13,18H,2-3,8-9H2,1H3. The van der Waals surface area contributed by atoms with Crippen molar-refractivity contribution in [2.45, 2.75) is 37.9 Å². The third-order valence-electron chi connectivity index (χ3n) is 4.34. The van der Waals surface area contributed by atoms with Gasteiger partial charge in [0, 0.05) is 5.56 Å². The van der Waals surface area contributed by atoms with Crippen LogP contribution < -0.4 is 4.74 Å². The molecule has 0 radical (unpaired) electrons. The SMILES string of the molecule is Cc1c(F)cc(COc2c(F)cc(C3CCC(Cl)CO3)cc2F)cc1F. The van der Waals surface area contributed by atoms with Crippen molar-refractivity contribution >= 4 is 11.6 Å². The van der Waals surface area contributed by atoms with Crippen molar-refractivity contribution in [3.8, 4) is 5.75 Å². The van der Waals surface area contributed by atoms with Crippen LogP contribution in [0.15, 0.2) is 24.3 Å². The fourth-order valence-electron chi connectivity index (χ4n) is 2.82. The quantitative estimate of drug-likeness (QED) is 0.502. The van der Waals surface area contributed by atoms with E-state index in [1.54, 1.807) is 0 Å². The highest BCUT2D eigenvalue weighted by Crippen LogP contribution is 2.33. The van der Waals surface area contributed by atoms with E-state index in [9.17, 15) is 17.6 Å². The molecule has 2 aromatic carbocycles. The molecule has 0 bridgehead atoms. The lowest BCUT2D eigenvalue weighted by molar-refractivity contribution is 0.0170. The summed E-state index contributed by atoms with van der Waals surface area (Å²) in [6, 6.07) is 4.43. The van der Waals surface area contributed by atoms with Crippen molar-refractivity contribution in [1.82, 2.24) is 0 Å². The molecule has 140 valence electrons. The molecule has 0 aliphatic carbocycles. The zero-order valence-corrected chi connectivity index (χ0v) is 14.8. The summed E-state index contributed by atoms with van der Waals surface area (Å²) in [5.41, 5.74) is 0.378. The molecule has 2 atom stereocenters. The van der Waals surface area contributed by atoms with E-state index in [0.29, 0.717) is 25.0 Å². The second kappa shape index (κ2) is 7.84. The molecule has 3 rings (SSSR count). The minimum atomic E-state index is -0.898. The maximum Gasteiger partial charge on any atom is 0.191 e. The van der Waals surface area contributed by atoms with Crippen LogP contribution in [0.2, 0.25) is 0 Å². The van der Waals surface area contributed by atoms with Crippen LogP contribution in [0, 0.1) is 30.2 Å². The summed E-state index contributed by atoms with van der Waals surface area (Å²) in [5.74, 6) is -3.88. The Balaban J connectivity index is 1.74. The van der Waals surface area contributed by atoms with Crippen LogP contribution >= 0.6 is 11.6 Å². The minimum absolute atomic E-state index is 0.0983. The van der Waals surface area contributed by atoms with Gasteiger partial charge < -0.3 is 9.47 Å². The van der Waals surface area contributed by atoms with Crippen LogP contribution in [0.25, 0.3) is 0 Å². The molecule has 2 aromatic rings. The summed E-state index contributed by atoms with van der Waals surface area (Å²) in [4.78, 5) is 0. The van der Waals surface area contributed by atoms with Crippen LogP contribution in [0.4, 0.5) is 17.6 Å². The Hall–Kier alpha value is -1.79. The summed E-state index contributed by atoms with van der Waals surface area (Å²) in [7, 11) is 0.